The van der Waals surface area contributed by atoms with E-state index in [-0.39, 0.29) is 67.6 Å². The number of aryl methyl sites for hydroxylation is 2. The molecule has 3 saturated heterocycles. The van der Waals surface area contributed by atoms with Crippen LogP contribution in [-0.4, -0.2) is 101 Å². The smallest absolute Gasteiger partial charge is 0.417 e. The number of rotatable bonds is 13. The molecule has 0 saturated carbocycles. The maximum absolute atomic E-state index is 13.8. The highest BCUT2D eigenvalue weighted by Gasteiger charge is 2.54. The van der Waals surface area contributed by atoms with Crippen molar-refractivity contribution in [3.63, 3.8) is 0 Å². The Bertz CT molecular complexity index is 2970. The third-order valence-electron chi connectivity index (χ3n) is 14.0. The van der Waals surface area contributed by atoms with Crippen molar-refractivity contribution in [2.45, 2.75) is 169 Å². The van der Waals surface area contributed by atoms with Gasteiger partial charge in [-0.15, -0.1) is 0 Å². The number of nitriles is 1. The number of hydrogen-bond donors (Lipinski definition) is 3. The predicted molar refractivity (Wildman–Crippen MR) is 301 cm³/mol. The number of hydrogen-bond acceptors (Lipinski definition) is 10. The van der Waals surface area contributed by atoms with E-state index in [1.807, 2.05) is 58.0 Å². The first kappa shape index (κ1) is 64.2. The van der Waals surface area contributed by atoms with E-state index in [1.165, 1.54) is 54.3 Å². The van der Waals surface area contributed by atoms with E-state index in [2.05, 4.69) is 37.1 Å². The minimum Gasteiger partial charge on any atom is -0.490 e. The van der Waals surface area contributed by atoms with E-state index in [0.29, 0.717) is 58.7 Å². The Kier molecular flexibility index (Phi) is 20.8. The monoisotopic (exact) mass is 1140 g/mol. The van der Waals surface area contributed by atoms with Crippen LogP contribution in [0.3, 0.4) is 0 Å². The summed E-state index contributed by atoms with van der Waals surface area (Å²) in [6, 6.07) is 20.4. The number of carbonyl (C=O) groups is 3. The molecular weight excluding hydrogens is 1070 g/mol. The Balaban J connectivity index is 0.000000221. The number of nitrogens with one attached hydrogen (secondary N) is 2. The van der Waals surface area contributed by atoms with Crippen molar-refractivity contribution in [3.8, 4) is 11.8 Å². The molecular formula is C60H73ClF6N6O7. The van der Waals surface area contributed by atoms with Crippen LogP contribution in [0.25, 0.3) is 5.57 Å². The van der Waals surface area contributed by atoms with E-state index in [1.54, 1.807) is 43.0 Å². The zero-order chi connectivity index (χ0) is 58.6. The number of ether oxygens (including phenoxy) is 3. The van der Waals surface area contributed by atoms with Crippen LogP contribution in [0, 0.1) is 32.1 Å². The number of imide groups is 1. The first-order valence-corrected chi connectivity index (χ1v) is 26.4. The van der Waals surface area contributed by atoms with Crippen molar-refractivity contribution in [2.24, 2.45) is 0 Å². The molecule has 434 valence electrons. The summed E-state index contributed by atoms with van der Waals surface area (Å²) >= 11 is 6.29. The van der Waals surface area contributed by atoms with E-state index in [4.69, 9.17) is 31.1 Å². The highest BCUT2D eigenvalue weighted by atomic mass is 35.5. The number of allylic oxidation sites excluding steroid dienone is 2. The number of urea groups is 1. The van der Waals surface area contributed by atoms with Crippen LogP contribution in [0.1, 0.15) is 121 Å². The van der Waals surface area contributed by atoms with Crippen molar-refractivity contribution < 1.29 is 60.0 Å². The lowest BCUT2D eigenvalue weighted by atomic mass is 9.97. The number of aliphatic hydroxyl groups is 1. The van der Waals surface area contributed by atoms with Gasteiger partial charge in [-0.1, -0.05) is 57.7 Å². The molecule has 0 bridgehead atoms. The minimum absolute atomic E-state index is 0. The molecule has 13 nitrogen and oxygen atoms in total. The summed E-state index contributed by atoms with van der Waals surface area (Å²) in [5.74, 6) is 0.229. The number of carbonyl (C=O) groups excluding carboxylic acids is 3. The molecule has 0 aromatic heterocycles. The van der Waals surface area contributed by atoms with Crippen LogP contribution in [0.2, 0.25) is 5.02 Å². The lowest BCUT2D eigenvalue weighted by Crippen LogP contribution is -2.51. The summed E-state index contributed by atoms with van der Waals surface area (Å²) in [4.78, 5) is 42.4. The Morgan fingerprint density at radius 1 is 0.912 bits per heavy atom. The van der Waals surface area contributed by atoms with Gasteiger partial charge < -0.3 is 39.8 Å². The van der Waals surface area contributed by atoms with Crippen LogP contribution < -0.4 is 25.2 Å². The second kappa shape index (κ2) is 25.9. The fraction of sp³-hybridized carbons (Fsp3) is 0.467. The molecule has 3 N–H and O–H groups in total. The first-order chi connectivity index (χ1) is 36.8. The summed E-state index contributed by atoms with van der Waals surface area (Å²) in [5.41, 5.74) is 3.17. The maximum atomic E-state index is 13.8. The van der Waals surface area contributed by atoms with Gasteiger partial charge in [-0.3, -0.25) is 9.59 Å². The lowest BCUT2D eigenvalue weighted by Gasteiger charge is -2.38. The van der Waals surface area contributed by atoms with Gasteiger partial charge in [-0.2, -0.15) is 31.6 Å². The zero-order valence-electron chi connectivity index (χ0n) is 46.2. The van der Waals surface area contributed by atoms with Crippen molar-refractivity contribution in [1.29, 1.82) is 5.26 Å². The number of alkyl halides is 6. The third kappa shape index (κ3) is 14.8. The Labute approximate surface area is 470 Å². The Morgan fingerprint density at radius 2 is 1.57 bits per heavy atom. The molecule has 4 aliphatic heterocycles. The highest BCUT2D eigenvalue weighted by Crippen LogP contribution is 2.45. The molecule has 4 amide bonds. The molecule has 20 heteroatoms. The van der Waals surface area contributed by atoms with E-state index < -0.39 is 53.7 Å². The standard InChI is InChI=1S/C21H24F6N2O.C21H24N2O3.C17H21ClN2O3.CH4/c1-11(2)30-19(21(25,26)27)18-8-5-13(4)29(18)14-6-7-17-15(10-14)16(20(22,23)24)9-12(3)28-17;1-14(2)16-6-9-19(10-7-16)26-13-21(4,25)20(24)23-18-8-5-17(12-22)15(3)11-18;1-9(2)23-13-7-8-19-15(13)16(21)20(17(19)22)12-6-5-10(3)14(18)11(12)4;/h6-7,9-11,13,18-19,28H,3,5,8H2,1-2,4H3;5-11,14,25H,13H2,1-4H3,(H,23,24);5-6,9,13,15H,7-8H2,1-4H3;1H4/t13-,18?,19+;21-;13-,15+;/m001./s1. The number of amides is 4. The van der Waals surface area contributed by atoms with Gasteiger partial charge >= 0.3 is 18.4 Å². The molecule has 0 spiro atoms. The van der Waals surface area contributed by atoms with Crippen molar-refractivity contribution in [1.82, 2.24) is 4.90 Å². The molecule has 8 rings (SSSR count). The quantitative estimate of drug-likeness (QED) is 0.0870. The van der Waals surface area contributed by atoms with Gasteiger partial charge in [0.05, 0.1) is 47.2 Å². The molecule has 80 heavy (non-hydrogen) atoms. The number of fused-ring (bicyclic) bond motifs is 2. The minimum atomic E-state index is -4.62. The Morgan fingerprint density at radius 3 is 2.15 bits per heavy atom. The molecule has 4 heterocycles. The maximum Gasteiger partial charge on any atom is 0.417 e. The largest absolute Gasteiger partial charge is 0.490 e. The van der Waals surface area contributed by atoms with Gasteiger partial charge in [0.25, 0.3) is 11.8 Å². The van der Waals surface area contributed by atoms with Gasteiger partial charge in [0.2, 0.25) is 0 Å². The normalized spacial score (nSPS) is 19.9. The number of benzene rings is 4. The molecule has 4 aliphatic rings. The van der Waals surface area contributed by atoms with E-state index in [9.17, 15) is 45.8 Å². The summed E-state index contributed by atoms with van der Waals surface area (Å²) in [7, 11) is 0. The average Bonchev–Trinajstić information content (AvgIpc) is 4.03. The number of nitrogens with zero attached hydrogens (tertiary/aromatic N) is 4. The second-order valence-electron chi connectivity index (χ2n) is 21.3. The molecule has 4 aromatic rings. The molecule has 0 aliphatic carbocycles. The number of halogens is 7. The molecule has 1 unspecified atom stereocenters. The molecule has 3 fully saturated rings. The highest BCUT2D eigenvalue weighted by molar-refractivity contribution is 6.33. The SMILES string of the molecule is C.C=C1C=C(C(F)(F)F)c2cc(N3C([C@@H](OC(C)C)C(F)(F)F)CC[C@@H]3C)ccc2N1.Cc1cc(NC(=O)[C@@](C)(O)COc2ccc(C(C)C)cc2)ccc1C#N.Cc1ccc(N2C(=O)[C@@H]3[C@H](OC(C)C)CCN3C2=O)c(C)c1Cl. The first-order valence-electron chi connectivity index (χ1n) is 26.1. The molecule has 6 atom stereocenters. The zero-order valence-corrected chi connectivity index (χ0v) is 47.0. The van der Waals surface area contributed by atoms with Gasteiger partial charge in [0.15, 0.2) is 11.7 Å². The second-order valence-corrected chi connectivity index (χ2v) is 21.7. The van der Waals surface area contributed by atoms with Crippen LogP contribution >= 0.6 is 11.6 Å². The van der Waals surface area contributed by atoms with Gasteiger partial charge in [0, 0.05) is 45.9 Å². The van der Waals surface area contributed by atoms with E-state index >= 15 is 0 Å². The van der Waals surface area contributed by atoms with E-state index in [0.717, 1.165) is 22.8 Å². The predicted octanol–water partition coefficient (Wildman–Crippen LogP) is 14.0. The van der Waals surface area contributed by atoms with Crippen LogP contribution in [0.4, 0.5) is 53.9 Å². The van der Waals surface area contributed by atoms with Gasteiger partial charge in [-0.05, 0) is 170 Å². The summed E-state index contributed by atoms with van der Waals surface area (Å²) in [6.45, 7) is 23.7. The number of anilines is 4. The van der Waals surface area contributed by atoms with Crippen LogP contribution in [0.15, 0.2) is 91.1 Å². The topological polar surface area (TPSA) is 157 Å². The fourth-order valence-corrected chi connectivity index (χ4v) is 10.1. The van der Waals surface area contributed by atoms with Crippen molar-refractivity contribution >= 4 is 57.8 Å². The summed E-state index contributed by atoms with van der Waals surface area (Å²) < 4.78 is 98.6. The summed E-state index contributed by atoms with van der Waals surface area (Å²) in [6.07, 6.45) is -9.81. The Hall–Kier alpha value is -6.59. The third-order valence-corrected chi connectivity index (χ3v) is 14.5. The lowest BCUT2D eigenvalue weighted by molar-refractivity contribution is -0.235. The van der Waals surface area contributed by atoms with Crippen LogP contribution in [0.5, 0.6) is 5.75 Å². The van der Waals surface area contributed by atoms with Crippen molar-refractivity contribution in [3.05, 3.63) is 130 Å². The van der Waals surface area contributed by atoms with Gasteiger partial charge in [0.1, 0.15) is 18.4 Å². The fourth-order valence-electron chi connectivity index (χ4n) is 9.92. The average molecular weight is 1140 g/mol. The van der Waals surface area contributed by atoms with Crippen molar-refractivity contribution in [2.75, 3.05) is 33.6 Å². The van der Waals surface area contributed by atoms with Gasteiger partial charge in [-0.25, -0.2) is 9.69 Å². The summed E-state index contributed by atoms with van der Waals surface area (Å²) in [5, 5.41) is 25.4. The molecule has 0 radical (unpaired) electrons. The molecule has 4 aromatic carbocycles. The van der Waals surface area contributed by atoms with Crippen LogP contribution in [-0.2, 0) is 19.1 Å².